The van der Waals surface area contributed by atoms with E-state index in [4.69, 9.17) is 0 Å². The maximum absolute atomic E-state index is 3.91. The minimum atomic E-state index is 0.708. The number of hydrogen-bond acceptors (Lipinski definition) is 2. The lowest BCUT2D eigenvalue weighted by Crippen LogP contribution is -2.51. The first-order valence-electron chi connectivity index (χ1n) is 8.69. The molecule has 0 aromatic heterocycles. The molecule has 1 saturated heterocycles. The van der Waals surface area contributed by atoms with Crippen molar-refractivity contribution >= 4 is 0 Å². The predicted octanol–water partition coefficient (Wildman–Crippen LogP) is 3.70. The molecule has 1 aliphatic heterocycles. The second-order valence-electron chi connectivity index (χ2n) is 7.29. The molecule has 1 N–H and O–H groups in total. The van der Waals surface area contributed by atoms with Crippen LogP contribution in [-0.4, -0.2) is 36.1 Å². The van der Waals surface area contributed by atoms with Gasteiger partial charge in [-0.05, 0) is 76.6 Å². The van der Waals surface area contributed by atoms with Crippen LogP contribution in [0.3, 0.4) is 0 Å². The second-order valence-corrected chi connectivity index (χ2v) is 7.29. The quantitative estimate of drug-likeness (QED) is 0.908. The van der Waals surface area contributed by atoms with E-state index in [2.05, 4.69) is 55.3 Å². The highest BCUT2D eigenvalue weighted by molar-refractivity contribution is 5.31. The van der Waals surface area contributed by atoms with Gasteiger partial charge in [0.1, 0.15) is 0 Å². The van der Waals surface area contributed by atoms with Crippen molar-refractivity contribution in [3.63, 3.8) is 0 Å². The normalized spacial score (nSPS) is 27.8. The van der Waals surface area contributed by atoms with Crippen molar-refractivity contribution < 1.29 is 0 Å². The highest BCUT2D eigenvalue weighted by Gasteiger charge is 2.33. The Morgan fingerprint density at radius 2 is 1.71 bits per heavy atom. The van der Waals surface area contributed by atoms with Crippen molar-refractivity contribution in [3.05, 3.63) is 35.4 Å². The van der Waals surface area contributed by atoms with Crippen molar-refractivity contribution in [1.82, 2.24) is 10.2 Å². The lowest BCUT2D eigenvalue weighted by Gasteiger charge is -2.42. The zero-order chi connectivity index (χ0) is 14.8. The largest absolute Gasteiger partial charge is 0.311 e. The number of hydrogen-bond donors (Lipinski definition) is 1. The van der Waals surface area contributed by atoms with Crippen molar-refractivity contribution in [1.29, 1.82) is 0 Å². The molecular formula is C19H30N2. The van der Waals surface area contributed by atoms with Gasteiger partial charge in [0.2, 0.25) is 0 Å². The van der Waals surface area contributed by atoms with E-state index in [9.17, 15) is 0 Å². The Bertz CT molecular complexity index is 454. The van der Waals surface area contributed by atoms with Crippen molar-refractivity contribution in [3.8, 4) is 0 Å². The monoisotopic (exact) mass is 286 g/mol. The van der Waals surface area contributed by atoms with Gasteiger partial charge < -0.3 is 10.2 Å². The molecule has 21 heavy (non-hydrogen) atoms. The molecule has 0 unspecified atom stereocenters. The third-order valence-electron chi connectivity index (χ3n) is 5.50. The first kappa shape index (κ1) is 15.1. The molecule has 1 heterocycles. The van der Waals surface area contributed by atoms with Gasteiger partial charge in [-0.3, -0.25) is 0 Å². The molecule has 116 valence electrons. The van der Waals surface area contributed by atoms with Crippen LogP contribution in [0.4, 0.5) is 0 Å². The molecule has 1 saturated carbocycles. The number of nitrogens with one attached hydrogen (secondary N) is 1. The zero-order valence-electron chi connectivity index (χ0n) is 13.8. The lowest BCUT2D eigenvalue weighted by atomic mass is 9.74. The first-order chi connectivity index (χ1) is 10.1. The van der Waals surface area contributed by atoms with E-state index < -0.39 is 0 Å². The van der Waals surface area contributed by atoms with Crippen LogP contribution in [0.5, 0.6) is 0 Å². The molecule has 3 rings (SSSR count). The highest BCUT2D eigenvalue weighted by atomic mass is 15.2. The van der Waals surface area contributed by atoms with Gasteiger partial charge in [0.15, 0.2) is 0 Å². The third-order valence-corrected chi connectivity index (χ3v) is 5.50. The molecule has 0 atom stereocenters. The number of benzene rings is 1. The summed E-state index contributed by atoms with van der Waals surface area (Å²) in [4.78, 5) is 2.61. The van der Waals surface area contributed by atoms with Gasteiger partial charge >= 0.3 is 0 Å². The summed E-state index contributed by atoms with van der Waals surface area (Å²) in [7, 11) is 0. The van der Waals surface area contributed by atoms with Crippen molar-refractivity contribution in [2.24, 2.45) is 0 Å². The molecule has 1 aromatic rings. The molecule has 1 aliphatic carbocycles. The van der Waals surface area contributed by atoms with Gasteiger partial charge in [-0.2, -0.15) is 0 Å². The first-order valence-corrected chi connectivity index (χ1v) is 8.69. The Labute approximate surface area is 129 Å². The molecule has 2 aliphatic rings. The van der Waals surface area contributed by atoms with Gasteiger partial charge in [0.05, 0.1) is 0 Å². The lowest BCUT2D eigenvalue weighted by molar-refractivity contribution is 0.144. The summed E-state index contributed by atoms with van der Waals surface area (Å²) in [6, 6.07) is 11.1. The SMILES string of the molecule is Cc1ccccc1C1CC(NC2CCN(C(C)C)CC2)C1. The number of aryl methyl sites for hydroxylation is 1. The number of rotatable bonds is 4. The summed E-state index contributed by atoms with van der Waals surface area (Å²) in [6.45, 7) is 9.41. The van der Waals surface area contributed by atoms with Crippen molar-refractivity contribution in [2.45, 2.75) is 70.5 Å². The Kier molecular flexibility index (Phi) is 4.66. The average Bonchev–Trinajstić information content (AvgIpc) is 2.44. The number of nitrogens with zero attached hydrogens (tertiary/aromatic N) is 1. The molecule has 1 aromatic carbocycles. The summed E-state index contributed by atoms with van der Waals surface area (Å²) < 4.78 is 0. The summed E-state index contributed by atoms with van der Waals surface area (Å²) in [6.07, 6.45) is 5.30. The maximum atomic E-state index is 3.91. The van der Waals surface area contributed by atoms with Gasteiger partial charge in [-0.15, -0.1) is 0 Å². The number of piperidine rings is 1. The molecule has 0 spiro atoms. The molecule has 2 nitrogen and oxygen atoms in total. The Morgan fingerprint density at radius 1 is 1.05 bits per heavy atom. The van der Waals surface area contributed by atoms with E-state index in [0.717, 1.165) is 18.0 Å². The Hall–Kier alpha value is -0.860. The van der Waals surface area contributed by atoms with Gasteiger partial charge in [0, 0.05) is 18.1 Å². The molecule has 0 amide bonds. The van der Waals surface area contributed by atoms with Crippen LogP contribution < -0.4 is 5.32 Å². The van der Waals surface area contributed by atoms with Crippen LogP contribution in [0.25, 0.3) is 0 Å². The zero-order valence-corrected chi connectivity index (χ0v) is 13.8. The van der Waals surface area contributed by atoms with E-state index in [-0.39, 0.29) is 0 Å². The van der Waals surface area contributed by atoms with Crippen molar-refractivity contribution in [2.75, 3.05) is 13.1 Å². The summed E-state index contributed by atoms with van der Waals surface area (Å²) in [5.41, 5.74) is 3.04. The minimum absolute atomic E-state index is 0.708. The Morgan fingerprint density at radius 3 is 2.33 bits per heavy atom. The molecule has 2 heteroatoms. The molecule has 0 radical (unpaired) electrons. The van der Waals surface area contributed by atoms with Crippen LogP contribution >= 0.6 is 0 Å². The van der Waals surface area contributed by atoms with Gasteiger partial charge in [-0.25, -0.2) is 0 Å². The van der Waals surface area contributed by atoms with Crippen LogP contribution in [0.1, 0.15) is 56.6 Å². The maximum Gasteiger partial charge on any atom is 0.00940 e. The van der Waals surface area contributed by atoms with E-state index >= 15 is 0 Å². The number of likely N-dealkylation sites (tertiary alicyclic amines) is 1. The smallest absolute Gasteiger partial charge is 0.00940 e. The topological polar surface area (TPSA) is 15.3 Å². The van der Waals surface area contributed by atoms with Crippen LogP contribution in [0.15, 0.2) is 24.3 Å². The fourth-order valence-corrected chi connectivity index (χ4v) is 3.97. The molecular weight excluding hydrogens is 256 g/mol. The molecule has 2 fully saturated rings. The Balaban J connectivity index is 1.43. The van der Waals surface area contributed by atoms with E-state index in [0.29, 0.717) is 6.04 Å². The molecule has 0 bridgehead atoms. The minimum Gasteiger partial charge on any atom is -0.311 e. The van der Waals surface area contributed by atoms with E-state index in [1.54, 1.807) is 5.56 Å². The summed E-state index contributed by atoms with van der Waals surface area (Å²) >= 11 is 0. The van der Waals surface area contributed by atoms with E-state index in [1.165, 1.54) is 44.3 Å². The van der Waals surface area contributed by atoms with Crippen LogP contribution in [0, 0.1) is 6.92 Å². The fraction of sp³-hybridized carbons (Fsp3) is 0.684. The summed E-state index contributed by atoms with van der Waals surface area (Å²) in [5.74, 6) is 0.791. The van der Waals surface area contributed by atoms with Gasteiger partial charge in [-0.1, -0.05) is 24.3 Å². The third kappa shape index (κ3) is 3.49. The highest BCUT2D eigenvalue weighted by Crippen LogP contribution is 2.38. The summed E-state index contributed by atoms with van der Waals surface area (Å²) in [5, 5.41) is 3.91. The van der Waals surface area contributed by atoms with Crippen LogP contribution in [0.2, 0.25) is 0 Å². The second kappa shape index (κ2) is 6.50. The fourth-order valence-electron chi connectivity index (χ4n) is 3.97. The predicted molar refractivity (Wildman–Crippen MR) is 89.8 cm³/mol. The van der Waals surface area contributed by atoms with E-state index in [1.807, 2.05) is 0 Å². The van der Waals surface area contributed by atoms with Gasteiger partial charge in [0.25, 0.3) is 0 Å². The van der Waals surface area contributed by atoms with Crippen LogP contribution in [-0.2, 0) is 0 Å². The average molecular weight is 286 g/mol. The standard InChI is InChI=1S/C19H30N2/c1-14(2)21-10-8-17(9-11-21)20-18-12-16(13-18)19-7-5-4-6-15(19)3/h4-7,14,16-18,20H,8-13H2,1-3H3.